The van der Waals surface area contributed by atoms with E-state index in [9.17, 15) is 18.5 Å². The van der Waals surface area contributed by atoms with Gasteiger partial charge in [0.1, 0.15) is 0 Å². The van der Waals surface area contributed by atoms with Crippen LogP contribution in [0.5, 0.6) is 0 Å². The Balaban J connectivity index is 2.51. The van der Waals surface area contributed by atoms with Gasteiger partial charge in [-0.25, -0.2) is 8.42 Å². The maximum Gasteiger partial charge on any atom is 0.271 e. The fourth-order valence-corrected chi connectivity index (χ4v) is 4.37. The summed E-state index contributed by atoms with van der Waals surface area (Å²) in [6.07, 6.45) is 1.49. The number of nitro benzene ring substituents is 1. The van der Waals surface area contributed by atoms with Crippen LogP contribution in [0.4, 0.5) is 5.69 Å². The van der Waals surface area contributed by atoms with Gasteiger partial charge in [-0.1, -0.05) is 0 Å². The number of nitro groups is 1. The van der Waals surface area contributed by atoms with E-state index in [1.807, 2.05) is 0 Å². The molecule has 1 atom stereocenters. The lowest BCUT2D eigenvalue weighted by atomic mass is 10.1. The standard InChI is InChI=1S/C13H19N3O4S/c1-9-6-12(16(17)18)7-13(10(9)2)21(19,20)15-5-3-4-11(14)8-15/h6-7,11H,3-5,8,14H2,1-2H3/t11-/m1/s1. The van der Waals surface area contributed by atoms with Gasteiger partial charge in [0, 0.05) is 31.3 Å². The largest absolute Gasteiger partial charge is 0.327 e. The highest BCUT2D eigenvalue weighted by Gasteiger charge is 2.31. The van der Waals surface area contributed by atoms with Crippen molar-refractivity contribution >= 4 is 15.7 Å². The van der Waals surface area contributed by atoms with Crippen molar-refractivity contribution in [2.45, 2.75) is 37.6 Å². The molecule has 1 aliphatic heterocycles. The van der Waals surface area contributed by atoms with Crippen molar-refractivity contribution in [2.75, 3.05) is 13.1 Å². The number of sulfonamides is 1. The van der Waals surface area contributed by atoms with Crippen LogP contribution < -0.4 is 5.73 Å². The van der Waals surface area contributed by atoms with Crippen LogP contribution >= 0.6 is 0 Å². The molecule has 0 aromatic heterocycles. The minimum atomic E-state index is -3.76. The molecule has 1 saturated heterocycles. The number of piperidine rings is 1. The molecule has 0 bridgehead atoms. The van der Waals surface area contributed by atoms with E-state index in [4.69, 9.17) is 5.73 Å². The molecule has 0 spiro atoms. The fourth-order valence-electron chi connectivity index (χ4n) is 2.51. The minimum Gasteiger partial charge on any atom is -0.327 e. The molecule has 0 amide bonds. The van der Waals surface area contributed by atoms with Crippen molar-refractivity contribution < 1.29 is 13.3 Å². The second-order valence-electron chi connectivity index (χ2n) is 5.41. The monoisotopic (exact) mass is 313 g/mol. The van der Waals surface area contributed by atoms with Crippen molar-refractivity contribution in [3.8, 4) is 0 Å². The predicted octanol–water partition coefficient (Wildman–Crippen LogP) is 1.32. The van der Waals surface area contributed by atoms with E-state index < -0.39 is 14.9 Å². The van der Waals surface area contributed by atoms with Crippen molar-refractivity contribution in [1.82, 2.24) is 4.31 Å². The number of non-ortho nitro benzene ring substituents is 1. The molecule has 1 aromatic rings. The van der Waals surface area contributed by atoms with Crippen LogP contribution in [0, 0.1) is 24.0 Å². The van der Waals surface area contributed by atoms with Gasteiger partial charge in [0.05, 0.1) is 9.82 Å². The Morgan fingerprint density at radius 1 is 1.38 bits per heavy atom. The van der Waals surface area contributed by atoms with E-state index >= 15 is 0 Å². The smallest absolute Gasteiger partial charge is 0.271 e. The number of nitrogens with two attached hydrogens (primary N) is 1. The molecule has 1 aromatic carbocycles. The van der Waals surface area contributed by atoms with Gasteiger partial charge in [0.15, 0.2) is 0 Å². The molecule has 1 heterocycles. The number of rotatable bonds is 3. The van der Waals surface area contributed by atoms with Crippen molar-refractivity contribution in [2.24, 2.45) is 5.73 Å². The highest BCUT2D eigenvalue weighted by atomic mass is 32.2. The van der Waals surface area contributed by atoms with Gasteiger partial charge >= 0.3 is 0 Å². The second-order valence-corrected chi connectivity index (χ2v) is 7.31. The summed E-state index contributed by atoms with van der Waals surface area (Å²) in [5, 5.41) is 10.9. The first kappa shape index (κ1) is 15.9. The summed E-state index contributed by atoms with van der Waals surface area (Å²) in [5.74, 6) is 0. The molecule has 21 heavy (non-hydrogen) atoms. The number of hydrogen-bond acceptors (Lipinski definition) is 5. The van der Waals surface area contributed by atoms with Crippen LogP contribution in [0.1, 0.15) is 24.0 Å². The Hall–Kier alpha value is -1.51. The topological polar surface area (TPSA) is 107 Å². The highest BCUT2D eigenvalue weighted by Crippen LogP contribution is 2.29. The Morgan fingerprint density at radius 2 is 2.05 bits per heavy atom. The molecule has 8 heteroatoms. The molecule has 0 aliphatic carbocycles. The molecule has 0 unspecified atom stereocenters. The van der Waals surface area contributed by atoms with Gasteiger partial charge in [-0.2, -0.15) is 4.31 Å². The number of hydrogen-bond donors (Lipinski definition) is 1. The summed E-state index contributed by atoms with van der Waals surface area (Å²) in [6.45, 7) is 3.99. The summed E-state index contributed by atoms with van der Waals surface area (Å²) in [6, 6.07) is 2.34. The number of aryl methyl sites for hydroxylation is 1. The summed E-state index contributed by atoms with van der Waals surface area (Å²) >= 11 is 0. The maximum absolute atomic E-state index is 12.7. The van der Waals surface area contributed by atoms with Gasteiger partial charge < -0.3 is 5.73 Å². The van der Waals surface area contributed by atoms with Gasteiger partial charge in [0.2, 0.25) is 10.0 Å². The van der Waals surface area contributed by atoms with Crippen LogP contribution in [-0.4, -0.2) is 36.8 Å². The fraction of sp³-hybridized carbons (Fsp3) is 0.538. The zero-order chi connectivity index (χ0) is 15.8. The van der Waals surface area contributed by atoms with Gasteiger partial charge in [0.25, 0.3) is 5.69 Å². The van der Waals surface area contributed by atoms with Crippen molar-refractivity contribution in [1.29, 1.82) is 0 Å². The van der Waals surface area contributed by atoms with Crippen molar-refractivity contribution in [3.05, 3.63) is 33.4 Å². The Bertz CT molecular complexity index is 672. The zero-order valence-corrected chi connectivity index (χ0v) is 12.9. The summed E-state index contributed by atoms with van der Waals surface area (Å²) in [5.41, 5.74) is 6.75. The maximum atomic E-state index is 12.7. The molecule has 1 aliphatic rings. The van der Waals surface area contributed by atoms with E-state index in [1.165, 1.54) is 10.4 Å². The molecular formula is C13H19N3O4S. The third-order valence-electron chi connectivity index (χ3n) is 3.85. The molecule has 116 valence electrons. The SMILES string of the molecule is Cc1cc([N+](=O)[O-])cc(S(=O)(=O)N2CCC[C@@H](N)C2)c1C. The van der Waals surface area contributed by atoms with Crippen LogP contribution in [0.2, 0.25) is 0 Å². The molecule has 1 fully saturated rings. The van der Waals surface area contributed by atoms with Gasteiger partial charge in [-0.3, -0.25) is 10.1 Å². The van der Waals surface area contributed by atoms with Crippen LogP contribution in [0.15, 0.2) is 17.0 Å². The predicted molar refractivity (Wildman–Crippen MR) is 78.5 cm³/mol. The quantitative estimate of drug-likeness (QED) is 0.669. The number of benzene rings is 1. The van der Waals surface area contributed by atoms with Crippen molar-refractivity contribution in [3.63, 3.8) is 0 Å². The summed E-state index contributed by atoms with van der Waals surface area (Å²) in [7, 11) is -3.76. The Labute approximate surface area is 123 Å². The van der Waals surface area contributed by atoms with Crippen LogP contribution in [-0.2, 0) is 10.0 Å². The first-order valence-electron chi connectivity index (χ1n) is 6.75. The lowest BCUT2D eigenvalue weighted by Gasteiger charge is -2.30. The highest BCUT2D eigenvalue weighted by molar-refractivity contribution is 7.89. The average Bonchev–Trinajstić information content (AvgIpc) is 2.41. The summed E-state index contributed by atoms with van der Waals surface area (Å²) in [4.78, 5) is 10.4. The van der Waals surface area contributed by atoms with E-state index in [-0.39, 0.29) is 23.2 Å². The van der Waals surface area contributed by atoms with E-state index in [0.717, 1.165) is 12.5 Å². The molecule has 0 saturated carbocycles. The van der Waals surface area contributed by atoms with E-state index in [2.05, 4.69) is 0 Å². The average molecular weight is 313 g/mol. The summed E-state index contributed by atoms with van der Waals surface area (Å²) < 4.78 is 26.8. The molecule has 7 nitrogen and oxygen atoms in total. The van der Waals surface area contributed by atoms with Crippen LogP contribution in [0.3, 0.4) is 0 Å². The lowest BCUT2D eigenvalue weighted by Crippen LogP contribution is -2.45. The lowest BCUT2D eigenvalue weighted by molar-refractivity contribution is -0.385. The Morgan fingerprint density at radius 3 is 2.62 bits per heavy atom. The van der Waals surface area contributed by atoms with E-state index in [1.54, 1.807) is 13.8 Å². The third-order valence-corrected chi connectivity index (χ3v) is 5.85. The molecule has 0 radical (unpaired) electrons. The molecular weight excluding hydrogens is 294 g/mol. The minimum absolute atomic E-state index is 0.00306. The second kappa shape index (κ2) is 5.70. The molecule has 2 rings (SSSR count). The molecule has 2 N–H and O–H groups in total. The van der Waals surface area contributed by atoms with Gasteiger partial charge in [-0.05, 0) is 37.8 Å². The van der Waals surface area contributed by atoms with Crippen LogP contribution in [0.25, 0.3) is 0 Å². The van der Waals surface area contributed by atoms with Gasteiger partial charge in [-0.15, -0.1) is 0 Å². The first-order valence-corrected chi connectivity index (χ1v) is 8.19. The normalized spacial score (nSPS) is 20.4. The third kappa shape index (κ3) is 3.07. The van der Waals surface area contributed by atoms with E-state index in [0.29, 0.717) is 24.1 Å². The first-order chi connectivity index (χ1) is 9.73. The Kier molecular flexibility index (Phi) is 4.31. The zero-order valence-electron chi connectivity index (χ0n) is 12.1. The number of nitrogens with zero attached hydrogens (tertiary/aromatic N) is 2.